The van der Waals surface area contributed by atoms with Crippen LogP contribution in [-0.4, -0.2) is 25.5 Å². The van der Waals surface area contributed by atoms with Gasteiger partial charge in [-0.3, -0.25) is 9.48 Å². The van der Waals surface area contributed by atoms with E-state index < -0.39 is 41.2 Å². The Kier molecular flexibility index (Phi) is 5.32. The molecule has 1 amide bonds. The van der Waals surface area contributed by atoms with Gasteiger partial charge in [-0.05, 0) is 6.92 Å². The zero-order valence-corrected chi connectivity index (χ0v) is 13.6. The third kappa shape index (κ3) is 3.43. The average Bonchev–Trinajstić information content (AvgIpc) is 3.07. The van der Waals surface area contributed by atoms with E-state index in [9.17, 15) is 22.4 Å². The largest absolute Gasteiger partial charge is 0.308 e. The number of carbonyl (C=O) groups is 1. The molecular weight excluding hydrogens is 368 g/mol. The minimum Gasteiger partial charge on any atom is -0.308 e. The number of aryl methyl sites for hydroxylation is 1. The van der Waals surface area contributed by atoms with Gasteiger partial charge in [0.2, 0.25) is 5.91 Å². The molecule has 0 saturated heterocycles. The van der Waals surface area contributed by atoms with Gasteiger partial charge in [0.15, 0.2) is 0 Å². The van der Waals surface area contributed by atoms with E-state index in [1.165, 1.54) is 24.9 Å². The molecule has 0 radical (unpaired) electrons. The summed E-state index contributed by atoms with van der Waals surface area (Å²) in [4.78, 5) is 12.3. The lowest BCUT2D eigenvalue weighted by atomic mass is 10.2. The Morgan fingerprint density at radius 2 is 2.00 bits per heavy atom. The van der Waals surface area contributed by atoms with Crippen molar-refractivity contribution < 1.29 is 22.4 Å². The van der Waals surface area contributed by atoms with Gasteiger partial charge in [0.05, 0.1) is 11.2 Å². The van der Waals surface area contributed by atoms with Crippen LogP contribution in [0.1, 0.15) is 42.8 Å². The quantitative estimate of drug-likeness (QED) is 0.809. The highest BCUT2D eigenvalue weighted by atomic mass is 35.5. The average molecular weight is 379 g/mol. The van der Waals surface area contributed by atoms with E-state index in [-0.39, 0.29) is 11.4 Å². The van der Waals surface area contributed by atoms with Crippen molar-refractivity contribution in [2.75, 3.05) is 5.32 Å². The summed E-state index contributed by atoms with van der Waals surface area (Å²) in [5.41, 5.74) is -1.97. The molecule has 2 aromatic heterocycles. The van der Waals surface area contributed by atoms with Gasteiger partial charge in [0, 0.05) is 7.05 Å². The highest BCUT2D eigenvalue weighted by molar-refractivity contribution is 6.32. The number of rotatable bonds is 5. The number of halogens is 5. The number of carbonyl (C=O) groups excluding carboxylic acids is 1. The lowest BCUT2D eigenvalue weighted by Gasteiger charge is -2.15. The molecule has 0 aliphatic heterocycles. The number of amides is 1. The van der Waals surface area contributed by atoms with E-state index in [1.54, 1.807) is 6.07 Å². The highest BCUT2D eigenvalue weighted by Gasteiger charge is 2.32. The van der Waals surface area contributed by atoms with Gasteiger partial charge in [-0.25, -0.2) is 22.2 Å². The smallest absolute Gasteiger partial charge is 0.283 e. The number of alkyl halides is 4. The lowest BCUT2D eigenvalue weighted by molar-refractivity contribution is -0.119. The summed E-state index contributed by atoms with van der Waals surface area (Å²) in [6, 6.07) is 0.404. The molecule has 1 atom stereocenters. The fourth-order valence-electron chi connectivity index (χ4n) is 2.08. The van der Waals surface area contributed by atoms with Gasteiger partial charge in [0.25, 0.3) is 12.9 Å². The van der Waals surface area contributed by atoms with Crippen molar-refractivity contribution in [2.45, 2.75) is 25.8 Å². The third-order valence-corrected chi connectivity index (χ3v) is 3.76. The second kappa shape index (κ2) is 7.10. The van der Waals surface area contributed by atoms with Crippen LogP contribution in [0, 0.1) is 11.3 Å². The van der Waals surface area contributed by atoms with E-state index >= 15 is 0 Å². The van der Waals surface area contributed by atoms with Gasteiger partial charge in [-0.1, -0.05) is 11.6 Å². The second-order valence-corrected chi connectivity index (χ2v) is 5.32. The van der Waals surface area contributed by atoms with Crippen LogP contribution >= 0.6 is 11.6 Å². The zero-order valence-electron chi connectivity index (χ0n) is 12.8. The standard InChI is InChI=1S/C13H11ClF4N6O/c1-5(13(25)21-12-6(3-19)4-20-23(12)2)24-9(11(17)18)7(14)8(22-24)10(15)16/h4-5,10-11H,1-2H3,(H,21,25). The summed E-state index contributed by atoms with van der Waals surface area (Å²) in [6.45, 7) is 1.18. The third-order valence-electron chi connectivity index (χ3n) is 3.37. The van der Waals surface area contributed by atoms with Gasteiger partial charge >= 0.3 is 0 Å². The summed E-state index contributed by atoms with van der Waals surface area (Å²) >= 11 is 5.55. The molecule has 0 aliphatic rings. The second-order valence-electron chi connectivity index (χ2n) is 4.94. The van der Waals surface area contributed by atoms with E-state index in [1.807, 2.05) is 0 Å². The van der Waals surface area contributed by atoms with Crippen LogP contribution in [0.5, 0.6) is 0 Å². The predicted octanol–water partition coefficient (Wildman–Crippen LogP) is 3.22. The topological polar surface area (TPSA) is 88.5 Å². The minimum absolute atomic E-state index is 0.0327. The van der Waals surface area contributed by atoms with E-state index in [4.69, 9.17) is 16.9 Å². The summed E-state index contributed by atoms with van der Waals surface area (Å²) in [5.74, 6) is -0.827. The van der Waals surface area contributed by atoms with Crippen LogP contribution in [0.3, 0.4) is 0 Å². The number of hydrogen-bond donors (Lipinski definition) is 1. The Bertz CT molecular complexity index is 840. The Balaban J connectivity index is 2.38. The Hall–Kier alpha value is -2.61. The number of nitrogens with one attached hydrogen (secondary N) is 1. The van der Waals surface area contributed by atoms with Crippen LogP contribution in [0.4, 0.5) is 23.4 Å². The Morgan fingerprint density at radius 1 is 1.36 bits per heavy atom. The molecule has 0 spiro atoms. The van der Waals surface area contributed by atoms with Crippen LogP contribution < -0.4 is 5.32 Å². The molecular formula is C13H11ClF4N6O. The summed E-state index contributed by atoms with van der Waals surface area (Å²) < 4.78 is 53.7. The van der Waals surface area contributed by atoms with Crippen molar-refractivity contribution in [2.24, 2.45) is 7.05 Å². The summed E-state index contributed by atoms with van der Waals surface area (Å²) in [7, 11) is 1.45. The lowest BCUT2D eigenvalue weighted by Crippen LogP contribution is -2.27. The van der Waals surface area contributed by atoms with Crippen molar-refractivity contribution >= 4 is 23.3 Å². The van der Waals surface area contributed by atoms with Crippen LogP contribution in [0.25, 0.3) is 0 Å². The molecule has 12 heteroatoms. The molecule has 2 rings (SSSR count). The fraction of sp³-hybridized carbons (Fsp3) is 0.385. The zero-order chi connectivity index (χ0) is 18.9. The molecule has 7 nitrogen and oxygen atoms in total. The van der Waals surface area contributed by atoms with Crippen molar-refractivity contribution in [3.63, 3.8) is 0 Å². The van der Waals surface area contributed by atoms with E-state index in [0.29, 0.717) is 4.68 Å². The van der Waals surface area contributed by atoms with Crippen molar-refractivity contribution in [3.05, 3.63) is 28.2 Å². The minimum atomic E-state index is -3.21. The van der Waals surface area contributed by atoms with Crippen LogP contribution in [-0.2, 0) is 11.8 Å². The molecule has 134 valence electrons. The fourth-order valence-corrected chi connectivity index (χ4v) is 2.37. The number of hydrogen-bond acceptors (Lipinski definition) is 4. The maximum Gasteiger partial charge on any atom is 0.283 e. The molecule has 0 saturated carbocycles. The number of anilines is 1. The molecule has 2 heterocycles. The monoisotopic (exact) mass is 378 g/mol. The first kappa shape index (κ1) is 18.7. The van der Waals surface area contributed by atoms with Crippen molar-refractivity contribution in [1.82, 2.24) is 19.6 Å². The maximum absolute atomic E-state index is 13.2. The van der Waals surface area contributed by atoms with E-state index in [2.05, 4.69) is 15.5 Å². The van der Waals surface area contributed by atoms with Gasteiger partial charge in [-0.2, -0.15) is 15.5 Å². The molecule has 0 aliphatic carbocycles. The van der Waals surface area contributed by atoms with Gasteiger partial charge < -0.3 is 5.32 Å². The van der Waals surface area contributed by atoms with Gasteiger partial charge in [0.1, 0.15) is 34.9 Å². The maximum atomic E-state index is 13.2. The number of nitrogens with zero attached hydrogens (tertiary/aromatic N) is 5. The molecule has 1 unspecified atom stereocenters. The number of nitriles is 1. The summed E-state index contributed by atoms with van der Waals surface area (Å²) in [5, 5.41) is 17.5. The van der Waals surface area contributed by atoms with Crippen LogP contribution in [0.15, 0.2) is 6.20 Å². The molecule has 1 N–H and O–H groups in total. The van der Waals surface area contributed by atoms with E-state index in [0.717, 1.165) is 0 Å². The molecule has 0 bridgehead atoms. The first-order chi connectivity index (χ1) is 11.7. The predicted molar refractivity (Wildman–Crippen MR) is 78.4 cm³/mol. The van der Waals surface area contributed by atoms with Gasteiger partial charge in [-0.15, -0.1) is 0 Å². The highest BCUT2D eigenvalue weighted by Crippen LogP contribution is 2.36. The molecule has 0 fully saturated rings. The number of aromatic nitrogens is 4. The van der Waals surface area contributed by atoms with Crippen molar-refractivity contribution in [1.29, 1.82) is 5.26 Å². The summed E-state index contributed by atoms with van der Waals surface area (Å²) in [6.07, 6.45) is -5.19. The molecule has 25 heavy (non-hydrogen) atoms. The normalized spacial score (nSPS) is 12.5. The molecule has 0 aromatic carbocycles. The first-order valence-corrected chi connectivity index (χ1v) is 7.13. The Morgan fingerprint density at radius 3 is 2.52 bits per heavy atom. The van der Waals surface area contributed by atoms with Crippen molar-refractivity contribution in [3.8, 4) is 6.07 Å². The van der Waals surface area contributed by atoms with Crippen LogP contribution in [0.2, 0.25) is 5.02 Å². The SMILES string of the molecule is CC(C(=O)Nc1c(C#N)cnn1C)n1nc(C(F)F)c(Cl)c1C(F)F. The Labute approximate surface area is 143 Å². The first-order valence-electron chi connectivity index (χ1n) is 6.76. The molecule has 2 aromatic rings.